The van der Waals surface area contributed by atoms with E-state index in [0.29, 0.717) is 0 Å². The smallest absolute Gasteiger partial charge is 0.162 e. The molecule has 2 fully saturated rings. The average Bonchev–Trinajstić information content (AvgIpc) is 2.30. The summed E-state index contributed by atoms with van der Waals surface area (Å²) >= 11 is 0. The summed E-state index contributed by atoms with van der Waals surface area (Å²) in [5.41, 5.74) is 0. The Morgan fingerprint density at radius 2 is 1.12 bits per heavy atom. The van der Waals surface area contributed by atoms with Crippen molar-refractivity contribution in [2.45, 2.75) is 76.3 Å². The van der Waals surface area contributed by atoms with Crippen molar-refractivity contribution >= 4 is 10.3 Å². The Hall–Kier alpha value is -0.130. The minimum Gasteiger partial charge on any atom is -0.735 e. The van der Waals surface area contributed by atoms with Crippen LogP contribution >= 0.6 is 0 Å². The van der Waals surface area contributed by atoms with E-state index in [-0.39, 0.29) is 12.1 Å². The molecule has 100 valence electrons. The Morgan fingerprint density at radius 1 is 0.765 bits per heavy atom. The zero-order valence-corrected chi connectivity index (χ0v) is 11.1. The molecule has 0 spiro atoms. The van der Waals surface area contributed by atoms with Gasteiger partial charge in [0.1, 0.15) is 0 Å². The zero-order chi connectivity index (χ0) is 12.3. The van der Waals surface area contributed by atoms with E-state index >= 15 is 0 Å². The number of hydrogen-bond donors (Lipinski definition) is 0. The quantitative estimate of drug-likeness (QED) is 0.732. The lowest BCUT2D eigenvalue weighted by Crippen LogP contribution is -2.48. The van der Waals surface area contributed by atoms with Gasteiger partial charge in [0.15, 0.2) is 10.3 Å². The molecule has 0 radical (unpaired) electrons. The van der Waals surface area contributed by atoms with Crippen LogP contribution in [0, 0.1) is 0 Å². The van der Waals surface area contributed by atoms with Gasteiger partial charge in [0, 0.05) is 12.1 Å². The highest BCUT2D eigenvalue weighted by Gasteiger charge is 2.32. The fraction of sp³-hybridized carbons (Fsp3) is 1.00. The van der Waals surface area contributed by atoms with E-state index in [1.54, 1.807) is 0 Å². The Bertz CT molecular complexity index is 312. The van der Waals surface area contributed by atoms with Gasteiger partial charge in [0.25, 0.3) is 0 Å². The van der Waals surface area contributed by atoms with Crippen LogP contribution in [0.1, 0.15) is 64.2 Å². The molecule has 0 aliphatic heterocycles. The highest BCUT2D eigenvalue weighted by atomic mass is 32.2. The topological polar surface area (TPSA) is 60.4 Å². The van der Waals surface area contributed by atoms with Crippen molar-refractivity contribution in [3.8, 4) is 0 Å². The molecule has 0 bridgehead atoms. The second-order valence-corrected chi connectivity index (χ2v) is 6.65. The molecule has 4 nitrogen and oxygen atoms in total. The SMILES string of the molecule is O=S(=O)([O-])N(C1CCCCC1)C1CCCCC1. The van der Waals surface area contributed by atoms with Crippen LogP contribution in [-0.4, -0.2) is 29.4 Å². The largest absolute Gasteiger partial charge is 0.735 e. The standard InChI is InChI=1S/C12H23NO3S/c14-17(15,16)13(11-7-3-1-4-8-11)12-9-5-2-6-10-12/h11-12H,1-10H2,(H,14,15,16)/p-1. The summed E-state index contributed by atoms with van der Waals surface area (Å²) < 4.78 is 35.8. The van der Waals surface area contributed by atoms with Crippen LogP contribution in [-0.2, 0) is 10.3 Å². The highest BCUT2D eigenvalue weighted by Crippen LogP contribution is 2.31. The van der Waals surface area contributed by atoms with Crippen molar-refractivity contribution < 1.29 is 13.0 Å². The van der Waals surface area contributed by atoms with Gasteiger partial charge in [-0.05, 0) is 25.7 Å². The summed E-state index contributed by atoms with van der Waals surface area (Å²) in [5.74, 6) is 0. The maximum Gasteiger partial charge on any atom is 0.162 e. The molecule has 2 rings (SSSR count). The summed E-state index contributed by atoms with van der Waals surface area (Å²) in [6.45, 7) is 0. The molecular weight excluding hydrogens is 238 g/mol. The van der Waals surface area contributed by atoms with E-state index in [1.165, 1.54) is 17.1 Å². The monoisotopic (exact) mass is 260 g/mol. The van der Waals surface area contributed by atoms with Crippen LogP contribution < -0.4 is 0 Å². The predicted octanol–water partition coefficient (Wildman–Crippen LogP) is 2.41. The molecule has 0 saturated heterocycles. The minimum absolute atomic E-state index is 0.0191. The summed E-state index contributed by atoms with van der Waals surface area (Å²) in [4.78, 5) is 0. The summed E-state index contributed by atoms with van der Waals surface area (Å²) in [6.07, 6.45) is 10.1. The van der Waals surface area contributed by atoms with E-state index in [2.05, 4.69) is 0 Å². The molecule has 2 aliphatic carbocycles. The van der Waals surface area contributed by atoms with Gasteiger partial charge in [0.2, 0.25) is 0 Å². The molecule has 0 N–H and O–H groups in total. The molecule has 17 heavy (non-hydrogen) atoms. The average molecular weight is 260 g/mol. The molecule has 0 unspecified atom stereocenters. The van der Waals surface area contributed by atoms with Crippen LogP contribution in [0.25, 0.3) is 0 Å². The minimum atomic E-state index is -4.28. The van der Waals surface area contributed by atoms with Gasteiger partial charge in [-0.1, -0.05) is 38.5 Å². The number of nitrogens with zero attached hydrogens (tertiary/aromatic N) is 1. The van der Waals surface area contributed by atoms with E-state index in [1.807, 2.05) is 0 Å². The molecule has 0 heterocycles. The normalized spacial score (nSPS) is 25.3. The molecule has 5 heteroatoms. The molecule has 0 aromatic rings. The molecule has 0 amide bonds. The number of hydrogen-bond acceptors (Lipinski definition) is 3. The van der Waals surface area contributed by atoms with Gasteiger partial charge in [-0.25, -0.2) is 12.7 Å². The third kappa shape index (κ3) is 3.42. The molecule has 0 aromatic carbocycles. The predicted molar refractivity (Wildman–Crippen MR) is 65.3 cm³/mol. The molecule has 2 saturated carbocycles. The third-order valence-corrected chi connectivity index (χ3v) is 5.24. The summed E-state index contributed by atoms with van der Waals surface area (Å²) in [5, 5.41) is 0. The van der Waals surface area contributed by atoms with Crippen LogP contribution in [0.3, 0.4) is 0 Å². The molecular formula is C12H22NO3S-. The maximum atomic E-state index is 11.5. The first-order valence-corrected chi connectivity index (χ1v) is 8.20. The van der Waals surface area contributed by atoms with Crippen molar-refractivity contribution in [2.24, 2.45) is 0 Å². The van der Waals surface area contributed by atoms with E-state index < -0.39 is 10.3 Å². The van der Waals surface area contributed by atoms with Gasteiger partial charge in [0.05, 0.1) is 0 Å². The van der Waals surface area contributed by atoms with E-state index in [9.17, 15) is 13.0 Å². The second kappa shape index (κ2) is 5.67. The molecule has 2 aliphatic rings. The van der Waals surface area contributed by atoms with E-state index in [4.69, 9.17) is 0 Å². The lowest BCUT2D eigenvalue weighted by Gasteiger charge is -2.42. The van der Waals surface area contributed by atoms with Gasteiger partial charge < -0.3 is 4.55 Å². The second-order valence-electron chi connectivity index (χ2n) is 5.37. The van der Waals surface area contributed by atoms with Gasteiger partial charge in [-0.3, -0.25) is 0 Å². The lowest BCUT2D eigenvalue weighted by molar-refractivity contribution is 0.154. The molecule has 0 atom stereocenters. The summed E-state index contributed by atoms with van der Waals surface area (Å²) in [7, 11) is -4.28. The highest BCUT2D eigenvalue weighted by molar-refractivity contribution is 7.83. The van der Waals surface area contributed by atoms with Crippen molar-refractivity contribution in [3.05, 3.63) is 0 Å². The third-order valence-electron chi connectivity index (χ3n) is 4.13. The Kier molecular flexibility index (Phi) is 4.44. The van der Waals surface area contributed by atoms with Crippen LogP contribution in [0.5, 0.6) is 0 Å². The van der Waals surface area contributed by atoms with Gasteiger partial charge in [-0.2, -0.15) is 0 Å². The Balaban J connectivity index is 2.11. The fourth-order valence-corrected chi connectivity index (χ4v) is 4.49. The first-order valence-electron chi connectivity index (χ1n) is 6.83. The maximum absolute atomic E-state index is 11.5. The van der Waals surface area contributed by atoms with E-state index in [0.717, 1.165) is 51.4 Å². The van der Waals surface area contributed by atoms with Gasteiger partial charge >= 0.3 is 0 Å². The first-order chi connectivity index (χ1) is 8.09. The van der Waals surface area contributed by atoms with Crippen molar-refractivity contribution in [3.63, 3.8) is 0 Å². The Labute approximate surface area is 104 Å². The van der Waals surface area contributed by atoms with Crippen molar-refractivity contribution in [1.29, 1.82) is 0 Å². The van der Waals surface area contributed by atoms with Crippen LogP contribution in [0.15, 0.2) is 0 Å². The Morgan fingerprint density at radius 3 is 1.41 bits per heavy atom. The first kappa shape index (κ1) is 13.3. The summed E-state index contributed by atoms with van der Waals surface area (Å²) in [6, 6.07) is -0.0382. The fourth-order valence-electron chi connectivity index (χ4n) is 3.33. The van der Waals surface area contributed by atoms with Crippen molar-refractivity contribution in [2.75, 3.05) is 0 Å². The van der Waals surface area contributed by atoms with Crippen LogP contribution in [0.2, 0.25) is 0 Å². The zero-order valence-electron chi connectivity index (χ0n) is 10.3. The molecule has 0 aromatic heterocycles. The van der Waals surface area contributed by atoms with Crippen molar-refractivity contribution in [1.82, 2.24) is 4.31 Å². The lowest BCUT2D eigenvalue weighted by atomic mass is 9.91. The van der Waals surface area contributed by atoms with Crippen LogP contribution in [0.4, 0.5) is 0 Å². The number of rotatable bonds is 3. The van der Waals surface area contributed by atoms with Gasteiger partial charge in [-0.15, -0.1) is 0 Å².